The number of guanidine groups is 1. The molecule has 6 heteroatoms. The maximum atomic E-state index is 5.78. The van der Waals surface area contributed by atoms with Crippen molar-refractivity contribution in [3.05, 3.63) is 52.1 Å². The van der Waals surface area contributed by atoms with Crippen molar-refractivity contribution in [3.63, 3.8) is 0 Å². The van der Waals surface area contributed by atoms with Crippen molar-refractivity contribution < 1.29 is 4.42 Å². The van der Waals surface area contributed by atoms with Gasteiger partial charge in [0, 0.05) is 23.5 Å². The lowest BCUT2D eigenvalue weighted by molar-refractivity contribution is 0.379. The van der Waals surface area contributed by atoms with Gasteiger partial charge in [0.25, 0.3) is 0 Å². The molecule has 0 saturated carbocycles. The summed E-state index contributed by atoms with van der Waals surface area (Å²) in [5.41, 5.74) is 1.30. The highest BCUT2D eigenvalue weighted by Crippen LogP contribution is 2.22. The summed E-state index contributed by atoms with van der Waals surface area (Å²) in [6, 6.07) is 8.41. The number of benzene rings is 1. The topological polar surface area (TPSA) is 62.5 Å². The molecule has 0 aliphatic rings. The summed E-state index contributed by atoms with van der Waals surface area (Å²) in [7, 11) is 1.76. The fraction of sp³-hybridized carbons (Fsp3) is 0.474. The molecule has 136 valence electrons. The van der Waals surface area contributed by atoms with Crippen LogP contribution in [0, 0.1) is 0 Å². The zero-order chi connectivity index (χ0) is 18.3. The second kappa shape index (κ2) is 9.04. The van der Waals surface area contributed by atoms with Crippen molar-refractivity contribution >= 4 is 21.9 Å². The predicted molar refractivity (Wildman–Crippen MR) is 106 cm³/mol. The van der Waals surface area contributed by atoms with Crippen LogP contribution in [-0.2, 0) is 18.4 Å². The number of rotatable bonds is 6. The Bertz CT molecular complexity index is 703. The minimum Gasteiger partial charge on any atom is -0.443 e. The summed E-state index contributed by atoms with van der Waals surface area (Å²) < 4.78 is 6.90. The monoisotopic (exact) mass is 406 g/mol. The molecular weight excluding hydrogens is 380 g/mol. The predicted octanol–water partition coefficient (Wildman–Crippen LogP) is 4.03. The molecule has 0 amide bonds. The van der Waals surface area contributed by atoms with E-state index in [1.807, 2.05) is 6.07 Å². The number of aromatic nitrogens is 1. The molecule has 0 radical (unpaired) electrons. The number of hydrogen-bond acceptors (Lipinski definition) is 3. The molecule has 0 unspecified atom stereocenters. The Balaban J connectivity index is 1.73. The fourth-order valence-corrected chi connectivity index (χ4v) is 2.76. The molecular formula is C19H27BrN4O. The van der Waals surface area contributed by atoms with Gasteiger partial charge in [-0.05, 0) is 30.5 Å². The van der Waals surface area contributed by atoms with Gasteiger partial charge in [0.15, 0.2) is 5.96 Å². The van der Waals surface area contributed by atoms with E-state index in [1.54, 1.807) is 13.2 Å². The van der Waals surface area contributed by atoms with Gasteiger partial charge in [-0.25, -0.2) is 4.98 Å². The van der Waals surface area contributed by atoms with Crippen molar-refractivity contribution in [2.45, 2.75) is 45.6 Å². The van der Waals surface area contributed by atoms with E-state index in [1.165, 1.54) is 5.56 Å². The number of aryl methyl sites for hydroxylation is 1. The summed E-state index contributed by atoms with van der Waals surface area (Å²) in [5, 5.41) is 6.55. The van der Waals surface area contributed by atoms with Crippen molar-refractivity contribution in [1.29, 1.82) is 0 Å². The van der Waals surface area contributed by atoms with Crippen LogP contribution < -0.4 is 10.6 Å². The Morgan fingerprint density at radius 1 is 1.28 bits per heavy atom. The molecule has 0 bridgehead atoms. The van der Waals surface area contributed by atoms with E-state index in [4.69, 9.17) is 4.42 Å². The standard InChI is InChI=1S/C19H27BrN4O/c1-19(2,3)16-12-23-17(25-16)13-24-18(21-4)22-10-6-8-14-7-5-9-15(20)11-14/h5,7,9,11-12H,6,8,10,13H2,1-4H3,(H2,21,22,24). The zero-order valence-corrected chi connectivity index (χ0v) is 17.0. The van der Waals surface area contributed by atoms with Gasteiger partial charge in [0.05, 0.1) is 12.7 Å². The van der Waals surface area contributed by atoms with Crippen LogP contribution in [-0.4, -0.2) is 24.5 Å². The fourth-order valence-electron chi connectivity index (χ4n) is 2.31. The maximum absolute atomic E-state index is 5.78. The van der Waals surface area contributed by atoms with Crippen molar-refractivity contribution in [3.8, 4) is 0 Å². The van der Waals surface area contributed by atoms with Gasteiger partial charge in [-0.2, -0.15) is 0 Å². The molecule has 2 N–H and O–H groups in total. The molecule has 5 nitrogen and oxygen atoms in total. The molecule has 2 aromatic rings. The van der Waals surface area contributed by atoms with Crippen molar-refractivity contribution in [2.24, 2.45) is 4.99 Å². The molecule has 2 rings (SSSR count). The van der Waals surface area contributed by atoms with Crippen molar-refractivity contribution in [1.82, 2.24) is 15.6 Å². The van der Waals surface area contributed by atoms with Gasteiger partial charge in [-0.1, -0.05) is 48.8 Å². The van der Waals surface area contributed by atoms with Crippen molar-refractivity contribution in [2.75, 3.05) is 13.6 Å². The van der Waals surface area contributed by atoms with Gasteiger partial charge in [-0.15, -0.1) is 0 Å². The van der Waals surface area contributed by atoms with E-state index in [0.717, 1.165) is 35.6 Å². The van der Waals surface area contributed by atoms with E-state index in [0.29, 0.717) is 12.4 Å². The van der Waals surface area contributed by atoms with Gasteiger partial charge in [0.2, 0.25) is 5.89 Å². The first kappa shape index (κ1) is 19.5. The number of nitrogens with zero attached hydrogens (tertiary/aromatic N) is 2. The number of nitrogens with one attached hydrogen (secondary N) is 2. The van der Waals surface area contributed by atoms with Gasteiger partial charge in [-0.3, -0.25) is 4.99 Å². The van der Waals surface area contributed by atoms with E-state index in [-0.39, 0.29) is 5.41 Å². The zero-order valence-electron chi connectivity index (χ0n) is 15.4. The minimum absolute atomic E-state index is 0.0302. The van der Waals surface area contributed by atoms with E-state index in [2.05, 4.69) is 75.5 Å². The summed E-state index contributed by atoms with van der Waals surface area (Å²) in [5.74, 6) is 2.31. The molecule has 1 heterocycles. The van der Waals surface area contributed by atoms with Crippen LogP contribution in [0.3, 0.4) is 0 Å². The first-order valence-corrected chi connectivity index (χ1v) is 9.32. The molecule has 0 atom stereocenters. The third-order valence-electron chi connectivity index (χ3n) is 3.75. The van der Waals surface area contributed by atoms with Crippen LogP contribution in [0.15, 0.2) is 44.3 Å². The Kier molecular flexibility index (Phi) is 7.05. The molecule has 1 aromatic carbocycles. The van der Waals surface area contributed by atoms with Gasteiger partial charge in [0.1, 0.15) is 5.76 Å². The lowest BCUT2D eigenvalue weighted by atomic mass is 9.94. The lowest BCUT2D eigenvalue weighted by Gasteiger charge is -2.13. The SMILES string of the molecule is CN=C(NCCCc1cccc(Br)c1)NCc1ncc(C(C)(C)C)o1. The molecule has 0 spiro atoms. The average Bonchev–Trinajstić information content (AvgIpc) is 3.03. The Labute approximate surface area is 158 Å². The number of hydrogen-bond donors (Lipinski definition) is 2. The average molecular weight is 407 g/mol. The molecule has 25 heavy (non-hydrogen) atoms. The first-order valence-electron chi connectivity index (χ1n) is 8.52. The number of halogens is 1. The smallest absolute Gasteiger partial charge is 0.213 e. The van der Waals surface area contributed by atoms with Crippen LogP contribution >= 0.6 is 15.9 Å². The molecule has 0 saturated heterocycles. The second-order valence-electron chi connectivity index (χ2n) is 6.95. The maximum Gasteiger partial charge on any atom is 0.213 e. The first-order chi connectivity index (χ1) is 11.9. The summed E-state index contributed by atoms with van der Waals surface area (Å²) >= 11 is 3.50. The van der Waals surface area contributed by atoms with E-state index >= 15 is 0 Å². The quantitative estimate of drug-likeness (QED) is 0.431. The van der Waals surface area contributed by atoms with E-state index in [9.17, 15) is 0 Å². The highest BCUT2D eigenvalue weighted by Gasteiger charge is 2.19. The second-order valence-corrected chi connectivity index (χ2v) is 7.87. The van der Waals surface area contributed by atoms with Crippen LogP contribution in [0.1, 0.15) is 44.4 Å². The number of oxazole rings is 1. The minimum atomic E-state index is -0.0302. The normalized spacial score (nSPS) is 12.3. The number of aliphatic imine (C=N–C) groups is 1. The molecule has 0 aliphatic heterocycles. The molecule has 1 aromatic heterocycles. The van der Waals surface area contributed by atoms with E-state index < -0.39 is 0 Å². The van der Waals surface area contributed by atoms with Crippen LogP contribution in [0.4, 0.5) is 0 Å². The molecule has 0 fully saturated rings. The van der Waals surface area contributed by atoms with Gasteiger partial charge >= 0.3 is 0 Å². The highest BCUT2D eigenvalue weighted by atomic mass is 79.9. The summed E-state index contributed by atoms with van der Waals surface area (Å²) in [4.78, 5) is 8.55. The van der Waals surface area contributed by atoms with Crippen LogP contribution in [0.2, 0.25) is 0 Å². The Morgan fingerprint density at radius 2 is 2.08 bits per heavy atom. The molecule has 0 aliphatic carbocycles. The summed E-state index contributed by atoms with van der Waals surface area (Å²) in [6.45, 7) is 7.69. The third kappa shape index (κ3) is 6.53. The van der Waals surface area contributed by atoms with Crippen LogP contribution in [0.5, 0.6) is 0 Å². The lowest BCUT2D eigenvalue weighted by Crippen LogP contribution is -2.37. The third-order valence-corrected chi connectivity index (χ3v) is 4.24. The highest BCUT2D eigenvalue weighted by molar-refractivity contribution is 9.10. The van der Waals surface area contributed by atoms with Crippen LogP contribution in [0.25, 0.3) is 0 Å². The van der Waals surface area contributed by atoms with Gasteiger partial charge < -0.3 is 15.1 Å². The Morgan fingerprint density at radius 3 is 2.72 bits per heavy atom. The Hall–Kier alpha value is -1.82. The summed E-state index contributed by atoms with van der Waals surface area (Å²) in [6.07, 6.45) is 3.85. The largest absolute Gasteiger partial charge is 0.443 e.